The van der Waals surface area contributed by atoms with Gasteiger partial charge in [0.05, 0.1) is 4.92 Å². The van der Waals surface area contributed by atoms with Gasteiger partial charge >= 0.3 is 0 Å². The van der Waals surface area contributed by atoms with Crippen LogP contribution in [0.15, 0.2) is 42.6 Å². The maximum atomic E-state index is 12.0. The monoisotopic (exact) mass is 283 g/mol. The SMILES string of the molecule is O=C(NC1Cc2ccc([N+](=O)[O-])cc2C1)c1ccccn1. The Kier molecular flexibility index (Phi) is 3.35. The van der Waals surface area contributed by atoms with E-state index in [1.54, 1.807) is 36.5 Å². The molecular weight excluding hydrogens is 270 g/mol. The van der Waals surface area contributed by atoms with Crippen LogP contribution in [0.4, 0.5) is 5.69 Å². The second-order valence-corrected chi connectivity index (χ2v) is 5.00. The zero-order chi connectivity index (χ0) is 14.8. The lowest BCUT2D eigenvalue weighted by molar-refractivity contribution is -0.384. The average molecular weight is 283 g/mol. The summed E-state index contributed by atoms with van der Waals surface area (Å²) in [5.41, 5.74) is 2.44. The van der Waals surface area contributed by atoms with Crippen molar-refractivity contribution < 1.29 is 9.72 Å². The third kappa shape index (κ3) is 2.74. The molecule has 6 nitrogen and oxygen atoms in total. The number of fused-ring (bicyclic) bond motifs is 1. The van der Waals surface area contributed by atoms with Crippen molar-refractivity contribution in [2.24, 2.45) is 0 Å². The molecule has 6 heteroatoms. The molecule has 0 saturated heterocycles. The van der Waals surface area contributed by atoms with Gasteiger partial charge in [-0.1, -0.05) is 12.1 Å². The number of pyridine rings is 1. The van der Waals surface area contributed by atoms with Crippen LogP contribution < -0.4 is 5.32 Å². The van der Waals surface area contributed by atoms with E-state index in [2.05, 4.69) is 10.3 Å². The molecule has 1 aliphatic rings. The summed E-state index contributed by atoms with van der Waals surface area (Å²) < 4.78 is 0. The van der Waals surface area contributed by atoms with E-state index in [0.717, 1.165) is 11.1 Å². The van der Waals surface area contributed by atoms with Gasteiger partial charge in [-0.25, -0.2) is 0 Å². The van der Waals surface area contributed by atoms with Crippen LogP contribution >= 0.6 is 0 Å². The minimum Gasteiger partial charge on any atom is -0.347 e. The molecule has 0 aliphatic heterocycles. The highest BCUT2D eigenvalue weighted by atomic mass is 16.6. The number of aromatic nitrogens is 1. The zero-order valence-electron chi connectivity index (χ0n) is 11.2. The molecule has 0 fully saturated rings. The van der Waals surface area contributed by atoms with Crippen molar-refractivity contribution in [1.82, 2.24) is 10.3 Å². The van der Waals surface area contributed by atoms with Crippen LogP contribution in [0.25, 0.3) is 0 Å². The molecule has 1 N–H and O–H groups in total. The van der Waals surface area contributed by atoms with Crippen molar-refractivity contribution in [3.63, 3.8) is 0 Å². The van der Waals surface area contributed by atoms with Crippen molar-refractivity contribution >= 4 is 11.6 Å². The normalized spacial score (nSPS) is 16.3. The summed E-state index contributed by atoms with van der Waals surface area (Å²) in [6.45, 7) is 0. The number of hydrogen-bond donors (Lipinski definition) is 1. The van der Waals surface area contributed by atoms with Crippen LogP contribution in [0.2, 0.25) is 0 Å². The summed E-state index contributed by atoms with van der Waals surface area (Å²) in [5, 5.41) is 13.7. The molecule has 0 bridgehead atoms. The van der Waals surface area contributed by atoms with Crippen LogP contribution in [-0.2, 0) is 12.8 Å². The fraction of sp³-hybridized carbons (Fsp3) is 0.200. The van der Waals surface area contributed by atoms with Gasteiger partial charge in [0.25, 0.3) is 11.6 Å². The Morgan fingerprint density at radius 1 is 1.24 bits per heavy atom. The molecule has 1 heterocycles. The molecule has 21 heavy (non-hydrogen) atoms. The quantitative estimate of drug-likeness (QED) is 0.688. The second kappa shape index (κ2) is 5.32. The molecule has 0 saturated carbocycles. The van der Waals surface area contributed by atoms with Gasteiger partial charge in [0.1, 0.15) is 5.69 Å². The van der Waals surface area contributed by atoms with Gasteiger partial charge < -0.3 is 5.32 Å². The summed E-state index contributed by atoms with van der Waals surface area (Å²) >= 11 is 0. The highest BCUT2D eigenvalue weighted by Gasteiger charge is 2.25. The first-order valence-electron chi connectivity index (χ1n) is 6.61. The summed E-state index contributed by atoms with van der Waals surface area (Å²) in [5.74, 6) is -0.220. The lowest BCUT2D eigenvalue weighted by Crippen LogP contribution is -2.35. The maximum absolute atomic E-state index is 12.0. The lowest BCUT2D eigenvalue weighted by Gasteiger charge is -2.11. The second-order valence-electron chi connectivity index (χ2n) is 5.00. The van der Waals surface area contributed by atoms with E-state index >= 15 is 0 Å². The number of nitrogens with one attached hydrogen (secondary N) is 1. The number of benzene rings is 1. The van der Waals surface area contributed by atoms with E-state index in [9.17, 15) is 14.9 Å². The molecule has 1 aromatic heterocycles. The predicted octanol–water partition coefficient (Wildman–Crippen LogP) is 1.89. The molecule has 1 atom stereocenters. The number of carbonyl (C=O) groups is 1. The first-order valence-corrected chi connectivity index (χ1v) is 6.61. The number of nitro benzene ring substituents is 1. The topological polar surface area (TPSA) is 85.1 Å². The maximum Gasteiger partial charge on any atom is 0.270 e. The Morgan fingerprint density at radius 3 is 2.76 bits per heavy atom. The molecule has 1 aromatic carbocycles. The van der Waals surface area contributed by atoms with E-state index in [0.29, 0.717) is 18.5 Å². The molecule has 1 unspecified atom stereocenters. The van der Waals surface area contributed by atoms with Crippen LogP contribution in [0.1, 0.15) is 21.6 Å². The Morgan fingerprint density at radius 2 is 2.05 bits per heavy atom. The summed E-state index contributed by atoms with van der Waals surface area (Å²) in [4.78, 5) is 26.4. The summed E-state index contributed by atoms with van der Waals surface area (Å²) in [7, 11) is 0. The number of amides is 1. The van der Waals surface area contributed by atoms with Crippen molar-refractivity contribution in [3.8, 4) is 0 Å². The number of rotatable bonds is 3. The molecule has 1 aliphatic carbocycles. The van der Waals surface area contributed by atoms with E-state index in [1.165, 1.54) is 6.07 Å². The van der Waals surface area contributed by atoms with Crippen molar-refractivity contribution in [2.45, 2.75) is 18.9 Å². The van der Waals surface area contributed by atoms with Crippen LogP contribution in [0.3, 0.4) is 0 Å². The average Bonchev–Trinajstić information content (AvgIpc) is 2.89. The Hall–Kier alpha value is -2.76. The third-order valence-corrected chi connectivity index (χ3v) is 3.57. The molecule has 1 amide bonds. The fourth-order valence-corrected chi connectivity index (χ4v) is 2.58. The van der Waals surface area contributed by atoms with Crippen molar-refractivity contribution in [1.29, 1.82) is 0 Å². The Balaban J connectivity index is 1.70. The standard InChI is InChI=1S/C15H13N3O3/c19-15(14-3-1-2-6-16-14)17-12-7-10-4-5-13(18(20)21)9-11(10)8-12/h1-6,9,12H,7-8H2,(H,17,19). The van der Waals surface area contributed by atoms with E-state index in [4.69, 9.17) is 0 Å². The molecule has 106 valence electrons. The van der Waals surface area contributed by atoms with Crippen LogP contribution in [-0.4, -0.2) is 21.9 Å². The van der Waals surface area contributed by atoms with Gasteiger partial charge in [-0.05, 0) is 36.1 Å². The largest absolute Gasteiger partial charge is 0.347 e. The highest BCUT2D eigenvalue weighted by molar-refractivity contribution is 5.92. The molecule has 0 spiro atoms. The number of carbonyl (C=O) groups excluding carboxylic acids is 1. The molecular formula is C15H13N3O3. The number of nitrogens with zero attached hydrogens (tertiary/aromatic N) is 2. The minimum atomic E-state index is -0.403. The first kappa shape index (κ1) is 13.2. The Labute approximate surface area is 121 Å². The number of nitro groups is 1. The van der Waals surface area contributed by atoms with Gasteiger partial charge in [0, 0.05) is 24.4 Å². The van der Waals surface area contributed by atoms with Crippen LogP contribution in [0, 0.1) is 10.1 Å². The first-order chi connectivity index (χ1) is 10.1. The van der Waals surface area contributed by atoms with Gasteiger partial charge in [-0.3, -0.25) is 19.9 Å². The third-order valence-electron chi connectivity index (χ3n) is 3.57. The van der Waals surface area contributed by atoms with Crippen LogP contribution in [0.5, 0.6) is 0 Å². The van der Waals surface area contributed by atoms with E-state index in [-0.39, 0.29) is 17.6 Å². The van der Waals surface area contributed by atoms with Crippen molar-refractivity contribution in [2.75, 3.05) is 0 Å². The smallest absolute Gasteiger partial charge is 0.270 e. The molecule has 3 rings (SSSR count). The predicted molar refractivity (Wildman–Crippen MR) is 76.0 cm³/mol. The summed E-state index contributed by atoms with van der Waals surface area (Å²) in [6.07, 6.45) is 2.86. The highest BCUT2D eigenvalue weighted by Crippen LogP contribution is 2.26. The van der Waals surface area contributed by atoms with Gasteiger partial charge in [-0.15, -0.1) is 0 Å². The van der Waals surface area contributed by atoms with E-state index < -0.39 is 4.92 Å². The van der Waals surface area contributed by atoms with E-state index in [1.807, 2.05) is 0 Å². The zero-order valence-corrected chi connectivity index (χ0v) is 11.2. The van der Waals surface area contributed by atoms with Gasteiger partial charge in [0.2, 0.25) is 0 Å². The summed E-state index contributed by atoms with van der Waals surface area (Å²) in [6, 6.07) is 9.97. The number of non-ortho nitro benzene ring substituents is 1. The van der Waals surface area contributed by atoms with Gasteiger partial charge in [0.15, 0.2) is 0 Å². The van der Waals surface area contributed by atoms with Gasteiger partial charge in [-0.2, -0.15) is 0 Å². The number of hydrogen-bond acceptors (Lipinski definition) is 4. The molecule has 0 radical (unpaired) electrons. The molecule has 2 aromatic rings. The lowest BCUT2D eigenvalue weighted by atomic mass is 10.1. The van der Waals surface area contributed by atoms with Crippen molar-refractivity contribution in [3.05, 3.63) is 69.5 Å². The fourth-order valence-electron chi connectivity index (χ4n) is 2.58. The Bertz CT molecular complexity index is 701. The minimum absolute atomic E-state index is 0.0449.